The highest BCUT2D eigenvalue weighted by Gasteiger charge is 2.34. The number of amides is 1. The van der Waals surface area contributed by atoms with Gasteiger partial charge in [-0.2, -0.15) is 4.31 Å². The summed E-state index contributed by atoms with van der Waals surface area (Å²) < 4.78 is 27.0. The van der Waals surface area contributed by atoms with E-state index < -0.39 is 20.6 Å². The fraction of sp³-hybridized carbons (Fsp3) is 0.632. The molecule has 1 aromatic rings. The highest BCUT2D eigenvalue weighted by atomic mass is 35.5. The molecule has 2 aliphatic rings. The topological polar surface area (TPSA) is 110 Å². The quantitative estimate of drug-likeness (QED) is 0.554. The van der Waals surface area contributed by atoms with Gasteiger partial charge in [-0.25, -0.2) is 8.42 Å². The van der Waals surface area contributed by atoms with E-state index in [0.717, 1.165) is 25.3 Å². The lowest BCUT2D eigenvalue weighted by Gasteiger charge is -2.34. The number of carbonyl (C=O) groups excluding carboxylic acids is 1. The smallest absolute Gasteiger partial charge is 0.289 e. The van der Waals surface area contributed by atoms with Gasteiger partial charge >= 0.3 is 0 Å². The summed E-state index contributed by atoms with van der Waals surface area (Å²) in [5.41, 5.74) is -0.441. The first kappa shape index (κ1) is 22.0. The second kappa shape index (κ2) is 8.97. The molecule has 1 aliphatic carbocycles. The third-order valence-corrected chi connectivity index (χ3v) is 8.23. The summed E-state index contributed by atoms with van der Waals surface area (Å²) in [6.45, 7) is 2.57. The molecule has 1 aliphatic heterocycles. The lowest BCUT2D eigenvalue weighted by atomic mass is 9.85. The van der Waals surface area contributed by atoms with Crippen molar-refractivity contribution in [2.24, 2.45) is 11.8 Å². The number of sulfonamides is 1. The van der Waals surface area contributed by atoms with Crippen molar-refractivity contribution in [2.45, 2.75) is 56.4 Å². The van der Waals surface area contributed by atoms with Gasteiger partial charge < -0.3 is 5.32 Å². The van der Waals surface area contributed by atoms with Crippen molar-refractivity contribution < 1.29 is 18.1 Å². The molecule has 10 heteroatoms. The van der Waals surface area contributed by atoms with Gasteiger partial charge in [0.25, 0.3) is 5.69 Å². The van der Waals surface area contributed by atoms with Gasteiger partial charge in [0, 0.05) is 31.1 Å². The van der Waals surface area contributed by atoms with Crippen LogP contribution in [0.5, 0.6) is 0 Å². The van der Waals surface area contributed by atoms with Crippen molar-refractivity contribution >= 4 is 33.2 Å². The van der Waals surface area contributed by atoms with Gasteiger partial charge in [0.1, 0.15) is 5.02 Å². The SMILES string of the molecule is CC1CCCCC1NC(=O)C1CCN(S(=O)(=O)c2ccc(Cl)c([N+](=O)[O-])c2)CC1. The standard InChI is InChI=1S/C19H26ClN3O5S/c1-13-4-2-3-5-17(13)21-19(24)14-8-10-22(11-9-14)29(27,28)15-6-7-16(20)18(12-15)23(25)26/h6-7,12-14,17H,2-5,8-11H2,1H3,(H,21,24). The number of nitro groups is 1. The third-order valence-electron chi connectivity index (χ3n) is 6.02. The molecule has 2 fully saturated rings. The fourth-order valence-electron chi connectivity index (χ4n) is 4.13. The predicted octanol–water partition coefficient (Wildman–Crippen LogP) is 3.34. The minimum atomic E-state index is -3.88. The molecule has 0 radical (unpaired) electrons. The molecule has 160 valence electrons. The zero-order valence-corrected chi connectivity index (χ0v) is 17.9. The number of halogens is 1. The van der Waals surface area contributed by atoms with Crippen LogP contribution in [0.2, 0.25) is 5.02 Å². The number of hydrogen-bond donors (Lipinski definition) is 1. The first-order valence-corrected chi connectivity index (χ1v) is 11.8. The fourth-order valence-corrected chi connectivity index (χ4v) is 5.81. The monoisotopic (exact) mass is 443 g/mol. The van der Waals surface area contributed by atoms with Crippen LogP contribution in [0.15, 0.2) is 23.1 Å². The van der Waals surface area contributed by atoms with E-state index in [1.807, 2.05) is 0 Å². The van der Waals surface area contributed by atoms with Gasteiger partial charge in [-0.15, -0.1) is 0 Å². The van der Waals surface area contributed by atoms with E-state index in [-0.39, 0.29) is 40.9 Å². The second-order valence-electron chi connectivity index (χ2n) is 7.93. The van der Waals surface area contributed by atoms with Crippen molar-refractivity contribution in [3.8, 4) is 0 Å². The molecular formula is C19H26ClN3O5S. The molecule has 0 aromatic heterocycles. The van der Waals surface area contributed by atoms with Gasteiger partial charge in [-0.3, -0.25) is 14.9 Å². The van der Waals surface area contributed by atoms with Crippen LogP contribution in [0.1, 0.15) is 45.4 Å². The van der Waals surface area contributed by atoms with Crippen molar-refractivity contribution in [2.75, 3.05) is 13.1 Å². The van der Waals surface area contributed by atoms with Crippen LogP contribution in [-0.4, -0.2) is 42.7 Å². The van der Waals surface area contributed by atoms with Crippen molar-refractivity contribution in [1.29, 1.82) is 0 Å². The summed E-state index contributed by atoms with van der Waals surface area (Å²) in [5.74, 6) is 0.256. The Balaban J connectivity index is 1.63. The molecule has 1 heterocycles. The maximum Gasteiger partial charge on any atom is 0.289 e. The molecule has 2 unspecified atom stereocenters. The van der Waals surface area contributed by atoms with Gasteiger partial charge in [-0.1, -0.05) is 31.4 Å². The summed E-state index contributed by atoms with van der Waals surface area (Å²) in [6, 6.07) is 3.68. The number of rotatable bonds is 5. The number of nitro benzene ring substituents is 1. The summed E-state index contributed by atoms with van der Waals surface area (Å²) in [5, 5.41) is 14.1. The molecule has 0 bridgehead atoms. The van der Waals surface area contributed by atoms with Crippen LogP contribution < -0.4 is 5.32 Å². The molecule has 29 heavy (non-hydrogen) atoms. The maximum absolute atomic E-state index is 12.9. The van der Waals surface area contributed by atoms with Gasteiger partial charge in [-0.05, 0) is 43.7 Å². The summed E-state index contributed by atoms with van der Waals surface area (Å²) in [4.78, 5) is 22.8. The molecule has 2 atom stereocenters. The molecule has 0 spiro atoms. The maximum atomic E-state index is 12.9. The highest BCUT2D eigenvalue weighted by molar-refractivity contribution is 7.89. The molecule has 1 saturated heterocycles. The number of hydrogen-bond acceptors (Lipinski definition) is 5. The molecule has 1 aromatic carbocycles. The molecule has 1 N–H and O–H groups in total. The van der Waals surface area contributed by atoms with Crippen LogP contribution >= 0.6 is 11.6 Å². The average Bonchev–Trinajstić information content (AvgIpc) is 2.69. The number of carbonyl (C=O) groups is 1. The Labute approximate surface area is 175 Å². The normalized spacial score (nSPS) is 24.2. The van der Waals surface area contributed by atoms with E-state index in [9.17, 15) is 23.3 Å². The summed E-state index contributed by atoms with van der Waals surface area (Å²) in [7, 11) is -3.88. The van der Waals surface area contributed by atoms with Crippen LogP contribution in [0.3, 0.4) is 0 Å². The number of benzene rings is 1. The largest absolute Gasteiger partial charge is 0.353 e. The van der Waals surface area contributed by atoms with Gasteiger partial charge in [0.2, 0.25) is 15.9 Å². The second-order valence-corrected chi connectivity index (χ2v) is 10.3. The highest BCUT2D eigenvalue weighted by Crippen LogP contribution is 2.31. The predicted molar refractivity (Wildman–Crippen MR) is 109 cm³/mol. The summed E-state index contributed by atoms with van der Waals surface area (Å²) >= 11 is 5.78. The van der Waals surface area contributed by atoms with Crippen molar-refractivity contribution in [3.63, 3.8) is 0 Å². The molecule has 3 rings (SSSR count). The van der Waals surface area contributed by atoms with Crippen LogP contribution in [0.25, 0.3) is 0 Å². The van der Waals surface area contributed by atoms with E-state index in [2.05, 4.69) is 12.2 Å². The van der Waals surface area contributed by atoms with E-state index in [1.54, 1.807) is 0 Å². The van der Waals surface area contributed by atoms with Gasteiger partial charge in [0.15, 0.2) is 0 Å². The van der Waals surface area contributed by atoms with Crippen molar-refractivity contribution in [3.05, 3.63) is 33.3 Å². The molecule has 1 saturated carbocycles. The van der Waals surface area contributed by atoms with E-state index in [4.69, 9.17) is 11.6 Å². The van der Waals surface area contributed by atoms with Crippen LogP contribution in [0, 0.1) is 22.0 Å². The Morgan fingerprint density at radius 3 is 2.48 bits per heavy atom. The lowest BCUT2D eigenvalue weighted by molar-refractivity contribution is -0.384. The Kier molecular flexibility index (Phi) is 6.80. The Hall–Kier alpha value is -1.71. The zero-order chi connectivity index (χ0) is 21.2. The molecule has 8 nitrogen and oxygen atoms in total. The number of nitrogens with one attached hydrogen (secondary N) is 1. The number of piperidine rings is 1. The zero-order valence-electron chi connectivity index (χ0n) is 16.3. The van der Waals surface area contributed by atoms with Crippen molar-refractivity contribution in [1.82, 2.24) is 9.62 Å². The Bertz CT molecular complexity index is 884. The summed E-state index contributed by atoms with van der Waals surface area (Å²) in [6.07, 6.45) is 5.31. The number of nitrogens with zero attached hydrogens (tertiary/aromatic N) is 2. The molecular weight excluding hydrogens is 418 g/mol. The minimum absolute atomic E-state index is 0.00271. The third kappa shape index (κ3) is 4.90. The van der Waals surface area contributed by atoms with E-state index >= 15 is 0 Å². The Morgan fingerprint density at radius 1 is 1.21 bits per heavy atom. The molecule has 1 amide bonds. The Morgan fingerprint density at radius 2 is 1.86 bits per heavy atom. The first-order chi connectivity index (χ1) is 13.7. The van der Waals surface area contributed by atoms with Crippen LogP contribution in [0.4, 0.5) is 5.69 Å². The minimum Gasteiger partial charge on any atom is -0.353 e. The van der Waals surface area contributed by atoms with Crippen LogP contribution in [-0.2, 0) is 14.8 Å². The van der Waals surface area contributed by atoms with E-state index in [1.165, 1.54) is 22.9 Å². The average molecular weight is 444 g/mol. The lowest BCUT2D eigenvalue weighted by Crippen LogP contribution is -2.47. The first-order valence-electron chi connectivity index (χ1n) is 9.94. The van der Waals surface area contributed by atoms with Gasteiger partial charge in [0.05, 0.1) is 9.82 Å². The van der Waals surface area contributed by atoms with E-state index in [0.29, 0.717) is 18.8 Å².